The second-order valence-corrected chi connectivity index (χ2v) is 8.17. The standard InChI is InChI=1S/C20H29NO2/c1-4-19(2,3)16-7-5-15(6-8-16)14-21-11-9-20(10-12-21)13-17(20)18(22)23/h5-8,17H,4,9-14H2,1-3H3,(H,22,23). The van der Waals surface area contributed by atoms with Gasteiger partial charge in [0, 0.05) is 6.54 Å². The third-order valence-electron chi connectivity index (χ3n) is 6.37. The van der Waals surface area contributed by atoms with Crippen LogP contribution in [0.15, 0.2) is 24.3 Å². The van der Waals surface area contributed by atoms with Gasteiger partial charge in [0.2, 0.25) is 0 Å². The lowest BCUT2D eigenvalue weighted by atomic mass is 9.82. The van der Waals surface area contributed by atoms with Crippen LogP contribution >= 0.6 is 0 Å². The third-order valence-corrected chi connectivity index (χ3v) is 6.37. The van der Waals surface area contributed by atoms with Crippen LogP contribution in [0, 0.1) is 11.3 Å². The summed E-state index contributed by atoms with van der Waals surface area (Å²) >= 11 is 0. The monoisotopic (exact) mass is 315 g/mol. The molecule has 2 aliphatic rings. The number of likely N-dealkylation sites (tertiary alicyclic amines) is 1. The van der Waals surface area contributed by atoms with Gasteiger partial charge in [-0.3, -0.25) is 9.69 Å². The molecule has 1 aromatic carbocycles. The van der Waals surface area contributed by atoms with Crippen molar-refractivity contribution in [2.45, 2.75) is 58.4 Å². The maximum atomic E-state index is 11.1. The molecule has 23 heavy (non-hydrogen) atoms. The van der Waals surface area contributed by atoms with Gasteiger partial charge >= 0.3 is 5.97 Å². The molecule has 1 aromatic rings. The van der Waals surface area contributed by atoms with Crippen LogP contribution < -0.4 is 0 Å². The van der Waals surface area contributed by atoms with Gasteiger partial charge in [-0.2, -0.15) is 0 Å². The van der Waals surface area contributed by atoms with Gasteiger partial charge in [-0.05, 0) is 60.7 Å². The lowest BCUT2D eigenvalue weighted by Crippen LogP contribution is -2.35. The zero-order valence-electron chi connectivity index (χ0n) is 14.6. The third kappa shape index (κ3) is 3.30. The summed E-state index contributed by atoms with van der Waals surface area (Å²) in [6.45, 7) is 9.87. The van der Waals surface area contributed by atoms with Crippen molar-refractivity contribution in [1.82, 2.24) is 4.90 Å². The topological polar surface area (TPSA) is 40.5 Å². The van der Waals surface area contributed by atoms with E-state index in [1.807, 2.05) is 0 Å². The fourth-order valence-corrected chi connectivity index (χ4v) is 3.93. The summed E-state index contributed by atoms with van der Waals surface area (Å²) < 4.78 is 0. The molecule has 2 fully saturated rings. The van der Waals surface area contributed by atoms with E-state index in [0.29, 0.717) is 0 Å². The van der Waals surface area contributed by atoms with Gasteiger partial charge in [0.15, 0.2) is 0 Å². The number of hydrogen-bond acceptors (Lipinski definition) is 2. The van der Waals surface area contributed by atoms with Gasteiger partial charge in [-0.1, -0.05) is 45.0 Å². The quantitative estimate of drug-likeness (QED) is 0.891. The summed E-state index contributed by atoms with van der Waals surface area (Å²) in [7, 11) is 0. The predicted molar refractivity (Wildman–Crippen MR) is 92.4 cm³/mol. The Bertz CT molecular complexity index is 568. The lowest BCUT2D eigenvalue weighted by Gasteiger charge is -2.32. The number of rotatable bonds is 5. The Kier molecular flexibility index (Phi) is 4.26. The maximum Gasteiger partial charge on any atom is 0.307 e. The molecular formula is C20H29NO2. The lowest BCUT2D eigenvalue weighted by molar-refractivity contribution is -0.139. The number of carbonyl (C=O) groups is 1. The van der Waals surface area contributed by atoms with E-state index in [1.165, 1.54) is 11.1 Å². The minimum absolute atomic E-state index is 0.0693. The highest BCUT2D eigenvalue weighted by molar-refractivity contribution is 5.74. The van der Waals surface area contributed by atoms with Crippen LogP contribution in [-0.2, 0) is 16.8 Å². The normalized spacial score (nSPS) is 23.9. The largest absolute Gasteiger partial charge is 0.481 e. The van der Waals surface area contributed by atoms with Crippen LogP contribution in [0.1, 0.15) is 57.6 Å². The Morgan fingerprint density at radius 3 is 2.35 bits per heavy atom. The highest BCUT2D eigenvalue weighted by Gasteiger charge is 2.58. The highest BCUT2D eigenvalue weighted by Crippen LogP contribution is 2.59. The van der Waals surface area contributed by atoms with Crippen molar-refractivity contribution in [1.29, 1.82) is 0 Å². The fourth-order valence-electron chi connectivity index (χ4n) is 3.93. The molecule has 0 aromatic heterocycles. The molecule has 0 radical (unpaired) electrons. The van der Waals surface area contributed by atoms with Crippen LogP contribution in [0.25, 0.3) is 0 Å². The summed E-state index contributed by atoms with van der Waals surface area (Å²) in [5.74, 6) is -0.659. The number of nitrogens with zero attached hydrogens (tertiary/aromatic N) is 1. The molecular weight excluding hydrogens is 286 g/mol. The molecule has 1 aliphatic heterocycles. The molecule has 0 bridgehead atoms. The molecule has 1 aliphatic carbocycles. The number of carboxylic acids is 1. The minimum Gasteiger partial charge on any atom is -0.481 e. The molecule has 1 atom stereocenters. The van der Waals surface area contributed by atoms with E-state index in [1.54, 1.807) is 0 Å². The van der Waals surface area contributed by atoms with Crippen LogP contribution in [0.4, 0.5) is 0 Å². The van der Waals surface area contributed by atoms with E-state index in [-0.39, 0.29) is 16.7 Å². The number of piperidine rings is 1. The highest BCUT2D eigenvalue weighted by atomic mass is 16.4. The summed E-state index contributed by atoms with van der Waals surface area (Å²) in [6, 6.07) is 9.06. The van der Waals surface area contributed by atoms with Crippen molar-refractivity contribution in [3.8, 4) is 0 Å². The van der Waals surface area contributed by atoms with Crippen molar-refractivity contribution in [2.75, 3.05) is 13.1 Å². The van der Waals surface area contributed by atoms with Gasteiger partial charge in [-0.15, -0.1) is 0 Å². The molecule has 1 unspecified atom stereocenters. The van der Waals surface area contributed by atoms with Crippen molar-refractivity contribution in [3.05, 3.63) is 35.4 Å². The first-order chi connectivity index (χ1) is 10.9. The molecule has 1 spiro atoms. The van der Waals surface area contributed by atoms with Gasteiger partial charge in [0.1, 0.15) is 0 Å². The molecule has 1 saturated heterocycles. The average molecular weight is 315 g/mol. The van der Waals surface area contributed by atoms with Crippen LogP contribution in [0.3, 0.4) is 0 Å². The number of carboxylic acid groups (broad SMARTS) is 1. The first-order valence-corrected chi connectivity index (χ1v) is 8.91. The molecule has 126 valence electrons. The summed E-state index contributed by atoms with van der Waals surface area (Å²) in [5.41, 5.74) is 3.15. The second-order valence-electron chi connectivity index (χ2n) is 8.17. The SMILES string of the molecule is CCC(C)(C)c1ccc(CN2CCC3(CC2)CC3C(=O)O)cc1. The zero-order chi connectivity index (χ0) is 16.7. The molecule has 1 saturated carbocycles. The van der Waals surface area contributed by atoms with Crippen molar-refractivity contribution in [3.63, 3.8) is 0 Å². The first kappa shape index (κ1) is 16.5. The van der Waals surface area contributed by atoms with E-state index < -0.39 is 5.97 Å². The molecule has 3 nitrogen and oxygen atoms in total. The molecule has 1 N–H and O–H groups in total. The minimum atomic E-state index is -0.590. The van der Waals surface area contributed by atoms with Gasteiger partial charge in [0.05, 0.1) is 5.92 Å². The van der Waals surface area contributed by atoms with Gasteiger partial charge < -0.3 is 5.11 Å². The van der Waals surface area contributed by atoms with Crippen molar-refractivity contribution < 1.29 is 9.90 Å². The Morgan fingerprint density at radius 1 is 1.26 bits per heavy atom. The van der Waals surface area contributed by atoms with E-state index in [4.69, 9.17) is 0 Å². The number of hydrogen-bond donors (Lipinski definition) is 1. The van der Waals surface area contributed by atoms with E-state index in [9.17, 15) is 9.90 Å². The van der Waals surface area contributed by atoms with Crippen molar-refractivity contribution in [2.24, 2.45) is 11.3 Å². The Morgan fingerprint density at radius 2 is 1.87 bits per heavy atom. The molecule has 0 amide bonds. The molecule has 1 heterocycles. The van der Waals surface area contributed by atoms with Gasteiger partial charge in [-0.25, -0.2) is 0 Å². The summed E-state index contributed by atoms with van der Waals surface area (Å²) in [6.07, 6.45) is 4.14. The smallest absolute Gasteiger partial charge is 0.307 e. The Balaban J connectivity index is 1.54. The maximum absolute atomic E-state index is 11.1. The number of benzene rings is 1. The van der Waals surface area contributed by atoms with E-state index >= 15 is 0 Å². The number of aliphatic carboxylic acids is 1. The summed E-state index contributed by atoms with van der Waals surface area (Å²) in [4.78, 5) is 13.6. The van der Waals surface area contributed by atoms with E-state index in [2.05, 4.69) is 49.9 Å². The van der Waals surface area contributed by atoms with Crippen LogP contribution in [0.2, 0.25) is 0 Å². The predicted octanol–water partition coefficient (Wildman–Crippen LogP) is 4.06. The van der Waals surface area contributed by atoms with Crippen LogP contribution in [0.5, 0.6) is 0 Å². The first-order valence-electron chi connectivity index (χ1n) is 8.91. The summed E-state index contributed by atoms with van der Waals surface area (Å²) in [5, 5.41) is 9.17. The molecule has 3 heteroatoms. The Hall–Kier alpha value is -1.35. The fraction of sp³-hybridized carbons (Fsp3) is 0.650. The molecule has 3 rings (SSSR count). The zero-order valence-corrected chi connectivity index (χ0v) is 14.6. The van der Waals surface area contributed by atoms with Gasteiger partial charge in [0.25, 0.3) is 0 Å². The average Bonchev–Trinajstić information content (AvgIpc) is 3.25. The Labute approximate surface area is 139 Å². The van der Waals surface area contributed by atoms with Crippen LogP contribution in [-0.4, -0.2) is 29.1 Å². The van der Waals surface area contributed by atoms with Crippen molar-refractivity contribution >= 4 is 5.97 Å². The van der Waals surface area contributed by atoms with E-state index in [0.717, 1.165) is 45.3 Å². The second kappa shape index (κ2) is 5.94.